The molecule has 0 aliphatic carbocycles. The van der Waals surface area contributed by atoms with E-state index >= 15 is 0 Å². The fourth-order valence-electron chi connectivity index (χ4n) is 1.48. The number of benzene rings is 1. The summed E-state index contributed by atoms with van der Waals surface area (Å²) < 4.78 is 12.8. The van der Waals surface area contributed by atoms with E-state index in [9.17, 15) is 14.3 Å². The van der Waals surface area contributed by atoms with E-state index in [0.717, 1.165) is 0 Å². The number of rotatable bonds is 6. The van der Waals surface area contributed by atoms with Crippen LogP contribution in [-0.2, 0) is 10.3 Å². The lowest BCUT2D eigenvalue weighted by atomic mass is 9.92. The molecule has 0 aliphatic rings. The van der Waals surface area contributed by atoms with Gasteiger partial charge < -0.3 is 5.11 Å². The Balaban J connectivity index is 2.89. The first-order valence-corrected chi connectivity index (χ1v) is 5.26. The van der Waals surface area contributed by atoms with Gasteiger partial charge in [0.25, 0.3) is 0 Å². The summed E-state index contributed by atoms with van der Waals surface area (Å²) in [4.78, 5) is 13.9. The van der Waals surface area contributed by atoms with Crippen LogP contribution in [0.25, 0.3) is 10.4 Å². The van der Waals surface area contributed by atoms with Gasteiger partial charge in [-0.05, 0) is 30.2 Å². The molecule has 2 N–H and O–H groups in total. The number of hydrogen-bond donors (Lipinski definition) is 2. The molecule has 0 saturated carbocycles. The molecule has 6 nitrogen and oxygen atoms in total. The van der Waals surface area contributed by atoms with Crippen molar-refractivity contribution in [2.24, 2.45) is 5.11 Å². The van der Waals surface area contributed by atoms with Crippen molar-refractivity contribution in [1.29, 1.82) is 0 Å². The Morgan fingerprint density at radius 3 is 2.67 bits per heavy atom. The number of nitrogens with one attached hydrogen (secondary N) is 1. The third kappa shape index (κ3) is 3.19. The van der Waals surface area contributed by atoms with Crippen LogP contribution < -0.4 is 5.32 Å². The Morgan fingerprint density at radius 2 is 2.17 bits per heavy atom. The van der Waals surface area contributed by atoms with Crippen molar-refractivity contribution in [1.82, 2.24) is 5.32 Å². The molecule has 1 aromatic rings. The molecule has 1 rings (SSSR count). The van der Waals surface area contributed by atoms with E-state index in [1.165, 1.54) is 31.2 Å². The average molecular weight is 252 g/mol. The second-order valence-corrected chi connectivity index (χ2v) is 3.82. The van der Waals surface area contributed by atoms with Crippen molar-refractivity contribution in [3.05, 3.63) is 46.1 Å². The average Bonchev–Trinajstić information content (AvgIpc) is 2.35. The zero-order valence-electron chi connectivity index (χ0n) is 9.80. The minimum atomic E-state index is -1.35. The summed E-state index contributed by atoms with van der Waals surface area (Å²) in [6.07, 6.45) is 0. The molecule has 18 heavy (non-hydrogen) atoms. The smallest absolute Gasteiger partial charge is 0.328 e. The van der Waals surface area contributed by atoms with Gasteiger partial charge in [0.2, 0.25) is 0 Å². The molecule has 0 aliphatic heterocycles. The third-order valence-electron chi connectivity index (χ3n) is 2.60. The molecule has 0 amide bonds. The van der Waals surface area contributed by atoms with Gasteiger partial charge in [-0.2, -0.15) is 0 Å². The predicted molar refractivity (Wildman–Crippen MR) is 63.4 cm³/mol. The molecular weight excluding hydrogens is 239 g/mol. The van der Waals surface area contributed by atoms with Crippen LogP contribution in [0, 0.1) is 5.82 Å². The van der Waals surface area contributed by atoms with E-state index in [4.69, 9.17) is 5.53 Å². The van der Waals surface area contributed by atoms with Gasteiger partial charge in [-0.1, -0.05) is 17.2 Å². The van der Waals surface area contributed by atoms with E-state index in [1.807, 2.05) is 0 Å². The van der Waals surface area contributed by atoms with Gasteiger partial charge in [0.15, 0.2) is 0 Å². The van der Waals surface area contributed by atoms with Crippen molar-refractivity contribution >= 4 is 5.97 Å². The van der Waals surface area contributed by atoms with Gasteiger partial charge in [-0.3, -0.25) is 5.32 Å². The normalized spacial score (nSPS) is 13.4. The van der Waals surface area contributed by atoms with Crippen LogP contribution in [0.2, 0.25) is 0 Å². The topological polar surface area (TPSA) is 98.1 Å². The summed E-state index contributed by atoms with van der Waals surface area (Å²) >= 11 is 0. The van der Waals surface area contributed by atoms with Gasteiger partial charge in [-0.25, -0.2) is 9.18 Å². The van der Waals surface area contributed by atoms with E-state index in [0.29, 0.717) is 5.56 Å². The zero-order valence-corrected chi connectivity index (χ0v) is 9.80. The molecule has 0 bridgehead atoms. The maximum absolute atomic E-state index is 12.8. The first-order valence-electron chi connectivity index (χ1n) is 5.26. The number of halogens is 1. The molecule has 1 aromatic carbocycles. The molecular formula is C11H13FN4O2. The summed E-state index contributed by atoms with van der Waals surface area (Å²) in [5, 5.41) is 15.3. The molecule has 0 radical (unpaired) electrons. The predicted octanol–water partition coefficient (Wildman–Crippen LogP) is 2.03. The largest absolute Gasteiger partial charge is 0.480 e. The van der Waals surface area contributed by atoms with Crippen molar-refractivity contribution in [2.45, 2.75) is 12.5 Å². The molecule has 7 heteroatoms. The Hall–Kier alpha value is -2.11. The van der Waals surface area contributed by atoms with Crippen LogP contribution >= 0.6 is 0 Å². The van der Waals surface area contributed by atoms with Gasteiger partial charge >= 0.3 is 5.97 Å². The second-order valence-electron chi connectivity index (χ2n) is 3.82. The molecule has 0 spiro atoms. The zero-order chi connectivity index (χ0) is 13.6. The van der Waals surface area contributed by atoms with Crippen LogP contribution in [0.15, 0.2) is 29.4 Å². The van der Waals surface area contributed by atoms with E-state index in [2.05, 4.69) is 15.3 Å². The lowest BCUT2D eigenvalue weighted by Crippen LogP contribution is -2.47. The monoisotopic (exact) mass is 252 g/mol. The molecule has 96 valence electrons. The highest BCUT2D eigenvalue weighted by atomic mass is 19.1. The lowest BCUT2D eigenvalue weighted by molar-refractivity contribution is -0.144. The number of carboxylic acid groups (broad SMARTS) is 1. The van der Waals surface area contributed by atoms with E-state index < -0.39 is 17.3 Å². The Morgan fingerprint density at radius 1 is 1.56 bits per heavy atom. The summed E-state index contributed by atoms with van der Waals surface area (Å²) in [6, 6.07) is 5.21. The van der Waals surface area contributed by atoms with Crippen molar-refractivity contribution < 1.29 is 14.3 Å². The van der Waals surface area contributed by atoms with Gasteiger partial charge in [-0.15, -0.1) is 0 Å². The first-order chi connectivity index (χ1) is 8.50. The van der Waals surface area contributed by atoms with Crippen molar-refractivity contribution in [3.8, 4) is 0 Å². The molecule has 0 aromatic heterocycles. The highest BCUT2D eigenvalue weighted by molar-refractivity contribution is 5.80. The second kappa shape index (κ2) is 6.00. The van der Waals surface area contributed by atoms with Crippen LogP contribution in [0.4, 0.5) is 4.39 Å². The van der Waals surface area contributed by atoms with Crippen LogP contribution in [0.3, 0.4) is 0 Å². The standard InChI is InChI=1S/C11H13FN4O2/c1-11(10(17)18,14-6-7-15-16-13)8-2-4-9(12)5-3-8/h2-5,14H,6-7H2,1H3,(H,17,18). The molecule has 1 atom stereocenters. The summed E-state index contributed by atoms with van der Waals surface area (Å²) in [6.45, 7) is 1.82. The number of azide groups is 1. The summed E-state index contributed by atoms with van der Waals surface area (Å²) in [5.41, 5.74) is 7.20. The maximum Gasteiger partial charge on any atom is 0.328 e. The Bertz CT molecular complexity index is 470. The fourth-order valence-corrected chi connectivity index (χ4v) is 1.48. The van der Waals surface area contributed by atoms with E-state index in [-0.39, 0.29) is 13.1 Å². The minimum Gasteiger partial charge on any atom is -0.480 e. The van der Waals surface area contributed by atoms with Crippen LogP contribution in [0.1, 0.15) is 12.5 Å². The molecule has 0 heterocycles. The van der Waals surface area contributed by atoms with Crippen LogP contribution in [-0.4, -0.2) is 24.2 Å². The Kier molecular flexibility index (Phi) is 4.65. The molecule has 1 unspecified atom stereocenters. The quantitative estimate of drug-likeness (QED) is 0.350. The minimum absolute atomic E-state index is 0.139. The number of carbonyl (C=O) groups is 1. The highest BCUT2D eigenvalue weighted by Crippen LogP contribution is 2.21. The summed E-state index contributed by atoms with van der Waals surface area (Å²) in [5.74, 6) is -1.52. The van der Waals surface area contributed by atoms with Gasteiger partial charge in [0.1, 0.15) is 11.4 Å². The maximum atomic E-state index is 12.8. The number of carboxylic acids is 1. The van der Waals surface area contributed by atoms with Gasteiger partial charge in [0.05, 0.1) is 0 Å². The molecule has 0 fully saturated rings. The first kappa shape index (κ1) is 14.0. The lowest BCUT2D eigenvalue weighted by Gasteiger charge is -2.26. The van der Waals surface area contributed by atoms with Gasteiger partial charge in [0, 0.05) is 18.0 Å². The van der Waals surface area contributed by atoms with Crippen molar-refractivity contribution in [2.75, 3.05) is 13.1 Å². The molecule has 0 saturated heterocycles. The highest BCUT2D eigenvalue weighted by Gasteiger charge is 2.34. The fraction of sp³-hybridized carbons (Fsp3) is 0.364. The number of hydrogen-bond acceptors (Lipinski definition) is 3. The van der Waals surface area contributed by atoms with Crippen molar-refractivity contribution in [3.63, 3.8) is 0 Å². The Labute approximate surface area is 103 Å². The SMILES string of the molecule is CC(NCCN=[N+]=[N-])(C(=O)O)c1ccc(F)cc1. The summed E-state index contributed by atoms with van der Waals surface area (Å²) in [7, 11) is 0. The van der Waals surface area contributed by atoms with Crippen LogP contribution in [0.5, 0.6) is 0 Å². The number of nitrogens with zero attached hydrogens (tertiary/aromatic N) is 3. The van der Waals surface area contributed by atoms with E-state index in [1.54, 1.807) is 0 Å². The third-order valence-corrected chi connectivity index (χ3v) is 2.60. The number of aliphatic carboxylic acids is 1.